The van der Waals surface area contributed by atoms with Gasteiger partial charge >= 0.3 is 5.97 Å². The summed E-state index contributed by atoms with van der Waals surface area (Å²) >= 11 is 0. The summed E-state index contributed by atoms with van der Waals surface area (Å²) in [5, 5.41) is 10.1. The maximum absolute atomic E-state index is 11.4. The van der Waals surface area contributed by atoms with Crippen LogP contribution in [0, 0.1) is 0 Å². The number of methoxy groups -OCH3 is 2. The Kier molecular flexibility index (Phi) is 4.87. The van der Waals surface area contributed by atoms with Crippen molar-refractivity contribution < 1.29 is 19.4 Å². The van der Waals surface area contributed by atoms with E-state index in [1.54, 1.807) is 32.4 Å². The molecule has 1 aromatic heterocycles. The summed E-state index contributed by atoms with van der Waals surface area (Å²) in [7, 11) is 3.26. The molecule has 1 N–H and O–H groups in total. The zero-order valence-corrected chi connectivity index (χ0v) is 16.0. The molecule has 144 valence electrons. The van der Waals surface area contributed by atoms with Gasteiger partial charge in [-0.05, 0) is 66.2 Å². The van der Waals surface area contributed by atoms with Crippen LogP contribution in [-0.2, 0) is 0 Å². The average Bonchev–Trinajstić information content (AvgIpc) is 2.78. The highest BCUT2D eigenvalue weighted by Gasteiger charge is 2.13. The van der Waals surface area contributed by atoms with Crippen molar-refractivity contribution in [2.45, 2.75) is 0 Å². The first-order valence-corrected chi connectivity index (χ1v) is 9.06. The topological polar surface area (TPSA) is 68.7 Å². The quantitative estimate of drug-likeness (QED) is 0.506. The lowest BCUT2D eigenvalue weighted by molar-refractivity contribution is 0.0697. The van der Waals surface area contributed by atoms with Crippen LogP contribution in [0.25, 0.3) is 33.3 Å². The summed E-state index contributed by atoms with van der Waals surface area (Å²) in [6.45, 7) is 0. The second-order valence-electron chi connectivity index (χ2n) is 6.55. The number of aromatic nitrogens is 1. The van der Waals surface area contributed by atoms with Crippen molar-refractivity contribution in [1.29, 1.82) is 0 Å². The SMILES string of the molecule is COc1ccc(-c2cc3cc(C(=O)O)ccc3nc2-c2ccc(OC)cc2)cc1. The molecule has 5 nitrogen and oxygen atoms in total. The van der Waals surface area contributed by atoms with E-state index in [-0.39, 0.29) is 5.56 Å². The van der Waals surface area contributed by atoms with Crippen LogP contribution < -0.4 is 9.47 Å². The van der Waals surface area contributed by atoms with Gasteiger partial charge in [-0.2, -0.15) is 0 Å². The van der Waals surface area contributed by atoms with Crippen molar-refractivity contribution in [2.75, 3.05) is 14.2 Å². The number of aromatic carboxylic acids is 1. The molecule has 0 saturated carbocycles. The molecule has 29 heavy (non-hydrogen) atoms. The number of rotatable bonds is 5. The number of carboxylic acid groups (broad SMARTS) is 1. The third kappa shape index (κ3) is 3.62. The molecule has 0 spiro atoms. The van der Waals surface area contributed by atoms with E-state index >= 15 is 0 Å². The molecule has 0 aliphatic carbocycles. The Balaban J connectivity index is 1.94. The monoisotopic (exact) mass is 385 g/mol. The molecule has 0 amide bonds. The predicted octanol–water partition coefficient (Wildman–Crippen LogP) is 5.28. The number of nitrogens with zero attached hydrogens (tertiary/aromatic N) is 1. The van der Waals surface area contributed by atoms with Gasteiger partial charge in [0.2, 0.25) is 0 Å². The van der Waals surface area contributed by atoms with Crippen LogP contribution in [0.4, 0.5) is 0 Å². The lowest BCUT2D eigenvalue weighted by Gasteiger charge is -2.13. The number of benzene rings is 3. The largest absolute Gasteiger partial charge is 0.497 e. The molecule has 0 atom stereocenters. The van der Waals surface area contributed by atoms with E-state index in [0.29, 0.717) is 0 Å². The summed E-state index contributed by atoms with van der Waals surface area (Å²) in [6, 6.07) is 22.4. The molecule has 4 aromatic rings. The Labute approximate surface area is 168 Å². The molecule has 0 radical (unpaired) electrons. The molecular weight excluding hydrogens is 366 g/mol. The summed E-state index contributed by atoms with van der Waals surface area (Å²) < 4.78 is 10.5. The Bertz CT molecular complexity index is 1180. The minimum atomic E-state index is -0.961. The lowest BCUT2D eigenvalue weighted by atomic mass is 9.96. The van der Waals surface area contributed by atoms with Crippen molar-refractivity contribution in [1.82, 2.24) is 4.98 Å². The number of hydrogen-bond acceptors (Lipinski definition) is 4. The smallest absolute Gasteiger partial charge is 0.335 e. The van der Waals surface area contributed by atoms with Crippen LogP contribution in [0.5, 0.6) is 11.5 Å². The summed E-state index contributed by atoms with van der Waals surface area (Å²) in [6.07, 6.45) is 0. The first-order chi connectivity index (χ1) is 14.1. The van der Waals surface area contributed by atoms with Gasteiger partial charge < -0.3 is 14.6 Å². The standard InChI is InChI=1S/C24H19NO4/c1-28-19-8-3-15(4-9-19)21-14-18-13-17(24(26)27)7-12-22(18)25-23(21)16-5-10-20(29-2)11-6-16/h3-14H,1-2H3,(H,26,27). The van der Waals surface area contributed by atoms with Crippen LogP contribution >= 0.6 is 0 Å². The van der Waals surface area contributed by atoms with Crippen molar-refractivity contribution in [3.05, 3.63) is 78.4 Å². The maximum atomic E-state index is 11.4. The Hall–Kier alpha value is -3.86. The van der Waals surface area contributed by atoms with E-state index < -0.39 is 5.97 Å². The summed E-state index contributed by atoms with van der Waals surface area (Å²) in [4.78, 5) is 16.2. The number of carboxylic acids is 1. The molecule has 0 fully saturated rings. The molecule has 4 rings (SSSR count). The van der Waals surface area contributed by atoms with E-state index in [2.05, 4.69) is 0 Å². The molecule has 1 heterocycles. The van der Waals surface area contributed by atoms with Gasteiger partial charge in [0.25, 0.3) is 0 Å². The number of fused-ring (bicyclic) bond motifs is 1. The van der Waals surface area contributed by atoms with Crippen LogP contribution in [0.15, 0.2) is 72.8 Å². The van der Waals surface area contributed by atoms with Gasteiger partial charge in [-0.3, -0.25) is 0 Å². The normalized spacial score (nSPS) is 10.7. The maximum Gasteiger partial charge on any atom is 0.335 e. The lowest BCUT2D eigenvalue weighted by Crippen LogP contribution is -1.97. The second-order valence-corrected chi connectivity index (χ2v) is 6.55. The molecule has 5 heteroatoms. The van der Waals surface area contributed by atoms with Gasteiger partial charge in [-0.1, -0.05) is 12.1 Å². The fraction of sp³-hybridized carbons (Fsp3) is 0.0833. The summed E-state index contributed by atoms with van der Waals surface area (Å²) in [5.41, 5.74) is 4.60. The zero-order chi connectivity index (χ0) is 20.4. The van der Waals surface area contributed by atoms with E-state index in [9.17, 15) is 9.90 Å². The highest BCUT2D eigenvalue weighted by Crippen LogP contribution is 2.35. The second kappa shape index (κ2) is 7.64. The third-order valence-electron chi connectivity index (χ3n) is 4.83. The van der Waals surface area contributed by atoms with Crippen LogP contribution in [0.1, 0.15) is 10.4 Å². The van der Waals surface area contributed by atoms with Gasteiger partial charge in [-0.25, -0.2) is 9.78 Å². The van der Waals surface area contributed by atoms with E-state index in [1.165, 1.54) is 0 Å². The molecule has 0 aliphatic heterocycles. The van der Waals surface area contributed by atoms with Gasteiger partial charge in [0.05, 0.1) is 31.0 Å². The number of carbonyl (C=O) groups is 1. The van der Waals surface area contributed by atoms with Crippen molar-refractivity contribution in [3.63, 3.8) is 0 Å². The highest BCUT2D eigenvalue weighted by atomic mass is 16.5. The molecule has 3 aromatic carbocycles. The van der Waals surface area contributed by atoms with Gasteiger partial charge in [0.15, 0.2) is 0 Å². The fourth-order valence-corrected chi connectivity index (χ4v) is 3.27. The van der Waals surface area contributed by atoms with E-state index in [1.807, 2.05) is 54.6 Å². The minimum absolute atomic E-state index is 0.233. The summed E-state index contributed by atoms with van der Waals surface area (Å²) in [5.74, 6) is 0.574. The number of pyridine rings is 1. The number of hydrogen-bond donors (Lipinski definition) is 1. The zero-order valence-electron chi connectivity index (χ0n) is 16.0. The molecule has 0 bridgehead atoms. The van der Waals surface area contributed by atoms with Crippen molar-refractivity contribution in [2.24, 2.45) is 0 Å². The predicted molar refractivity (Wildman–Crippen MR) is 113 cm³/mol. The van der Waals surface area contributed by atoms with E-state index in [4.69, 9.17) is 14.5 Å². The Morgan fingerprint density at radius 1 is 0.793 bits per heavy atom. The first kappa shape index (κ1) is 18.5. The molecular formula is C24H19NO4. The fourth-order valence-electron chi connectivity index (χ4n) is 3.27. The van der Waals surface area contributed by atoms with Crippen molar-refractivity contribution in [3.8, 4) is 33.9 Å². The van der Waals surface area contributed by atoms with Crippen LogP contribution in [0.2, 0.25) is 0 Å². The third-order valence-corrected chi connectivity index (χ3v) is 4.83. The Morgan fingerprint density at radius 3 is 1.93 bits per heavy atom. The van der Waals surface area contributed by atoms with Crippen LogP contribution in [0.3, 0.4) is 0 Å². The van der Waals surface area contributed by atoms with Gasteiger partial charge in [0.1, 0.15) is 11.5 Å². The van der Waals surface area contributed by atoms with Crippen molar-refractivity contribution >= 4 is 16.9 Å². The minimum Gasteiger partial charge on any atom is -0.497 e. The van der Waals surface area contributed by atoms with Crippen LogP contribution in [-0.4, -0.2) is 30.3 Å². The first-order valence-electron chi connectivity index (χ1n) is 9.06. The van der Waals surface area contributed by atoms with Gasteiger partial charge in [0, 0.05) is 16.5 Å². The molecule has 0 aliphatic rings. The molecule has 0 unspecified atom stereocenters. The Morgan fingerprint density at radius 2 is 1.38 bits per heavy atom. The highest BCUT2D eigenvalue weighted by molar-refractivity contribution is 5.97. The average molecular weight is 385 g/mol. The molecule has 0 saturated heterocycles. The van der Waals surface area contributed by atoms with E-state index in [0.717, 1.165) is 44.8 Å². The number of ether oxygens (including phenoxy) is 2. The van der Waals surface area contributed by atoms with Gasteiger partial charge in [-0.15, -0.1) is 0 Å².